The van der Waals surface area contributed by atoms with Gasteiger partial charge in [0.05, 0.1) is 24.6 Å². The lowest BCUT2D eigenvalue weighted by Crippen LogP contribution is -2.26. The van der Waals surface area contributed by atoms with Crippen molar-refractivity contribution in [3.63, 3.8) is 0 Å². The minimum absolute atomic E-state index is 0.0104. The summed E-state index contributed by atoms with van der Waals surface area (Å²) in [5.41, 5.74) is 1.18. The molecule has 0 saturated heterocycles. The maximum atomic E-state index is 5.62. The van der Waals surface area contributed by atoms with Crippen molar-refractivity contribution in [1.82, 2.24) is 5.32 Å². The maximum Gasteiger partial charge on any atom is 0.125 e. The van der Waals surface area contributed by atoms with Gasteiger partial charge >= 0.3 is 0 Å². The molecule has 108 valence electrons. The third-order valence-electron chi connectivity index (χ3n) is 3.62. The highest BCUT2D eigenvalue weighted by Gasteiger charge is 2.22. The molecule has 0 bridgehead atoms. The number of nitrogens with one attached hydrogen (secondary N) is 1. The molecule has 3 heteroatoms. The van der Waals surface area contributed by atoms with Gasteiger partial charge in [0.15, 0.2) is 0 Å². The zero-order chi connectivity index (χ0) is 14.5. The van der Waals surface area contributed by atoms with Gasteiger partial charge in [0.25, 0.3) is 0 Å². The van der Waals surface area contributed by atoms with E-state index in [1.165, 1.54) is 5.56 Å². The summed E-state index contributed by atoms with van der Waals surface area (Å²) in [4.78, 5) is 0. The Hall–Kier alpha value is -2.26. The first-order valence-electron chi connectivity index (χ1n) is 7.26. The summed E-state index contributed by atoms with van der Waals surface area (Å²) in [7, 11) is 0. The Morgan fingerprint density at radius 3 is 2.10 bits per heavy atom. The highest BCUT2D eigenvalue weighted by Crippen LogP contribution is 2.27. The van der Waals surface area contributed by atoms with Crippen molar-refractivity contribution in [2.45, 2.75) is 25.4 Å². The van der Waals surface area contributed by atoms with E-state index in [0.29, 0.717) is 0 Å². The van der Waals surface area contributed by atoms with Crippen molar-refractivity contribution in [2.24, 2.45) is 0 Å². The Labute approximate surface area is 124 Å². The van der Waals surface area contributed by atoms with Crippen molar-refractivity contribution in [2.75, 3.05) is 0 Å². The predicted molar refractivity (Wildman–Crippen MR) is 81.9 cm³/mol. The van der Waals surface area contributed by atoms with Gasteiger partial charge in [-0.05, 0) is 36.2 Å². The third kappa shape index (κ3) is 3.09. The van der Waals surface area contributed by atoms with Gasteiger partial charge in [-0.3, -0.25) is 5.32 Å². The number of rotatable bonds is 6. The van der Waals surface area contributed by atoms with Crippen LogP contribution in [0.3, 0.4) is 0 Å². The molecule has 0 spiro atoms. The number of furan rings is 2. The summed E-state index contributed by atoms with van der Waals surface area (Å²) in [6, 6.07) is 18.3. The highest BCUT2D eigenvalue weighted by atomic mass is 16.3. The van der Waals surface area contributed by atoms with Gasteiger partial charge in [-0.25, -0.2) is 0 Å². The molecule has 0 saturated carbocycles. The monoisotopic (exact) mass is 281 g/mol. The third-order valence-corrected chi connectivity index (χ3v) is 3.62. The second kappa shape index (κ2) is 6.46. The molecule has 0 amide bonds. The smallest absolute Gasteiger partial charge is 0.125 e. The average Bonchev–Trinajstić information content (AvgIpc) is 3.23. The molecule has 21 heavy (non-hydrogen) atoms. The Bertz CT molecular complexity index is 629. The Balaban J connectivity index is 1.89. The first-order chi connectivity index (χ1) is 10.4. The number of hydrogen-bond acceptors (Lipinski definition) is 3. The van der Waals surface area contributed by atoms with E-state index in [1.807, 2.05) is 42.5 Å². The first-order valence-corrected chi connectivity index (χ1v) is 7.26. The van der Waals surface area contributed by atoms with E-state index < -0.39 is 0 Å². The van der Waals surface area contributed by atoms with Gasteiger partial charge in [-0.1, -0.05) is 37.3 Å². The van der Waals surface area contributed by atoms with Crippen LogP contribution in [0.4, 0.5) is 0 Å². The van der Waals surface area contributed by atoms with Crippen LogP contribution in [0, 0.1) is 0 Å². The van der Waals surface area contributed by atoms with Crippen LogP contribution in [0.5, 0.6) is 0 Å². The molecular weight excluding hydrogens is 262 g/mol. The van der Waals surface area contributed by atoms with Crippen LogP contribution in [0.2, 0.25) is 0 Å². The summed E-state index contributed by atoms with van der Waals surface area (Å²) in [5, 5.41) is 3.64. The van der Waals surface area contributed by atoms with Crippen LogP contribution >= 0.6 is 0 Å². The fraction of sp³-hybridized carbons (Fsp3) is 0.222. The van der Waals surface area contributed by atoms with Crippen molar-refractivity contribution < 1.29 is 8.83 Å². The molecule has 2 heterocycles. The van der Waals surface area contributed by atoms with Gasteiger partial charge in [0.1, 0.15) is 11.5 Å². The molecule has 2 aromatic heterocycles. The molecule has 3 nitrogen and oxygen atoms in total. The van der Waals surface area contributed by atoms with Crippen LogP contribution in [0.15, 0.2) is 76.0 Å². The van der Waals surface area contributed by atoms with E-state index in [9.17, 15) is 0 Å². The standard InChI is InChI=1S/C18H19NO2/c1-2-15(16-10-6-12-20-16)19-18(17-11-7-13-21-17)14-8-4-3-5-9-14/h3-13,15,18-19H,2H2,1H3. The second-order valence-corrected chi connectivity index (χ2v) is 5.00. The molecule has 1 aromatic carbocycles. The van der Waals surface area contributed by atoms with E-state index in [0.717, 1.165) is 17.9 Å². The normalized spacial score (nSPS) is 14.0. The van der Waals surface area contributed by atoms with Crippen LogP contribution in [0.25, 0.3) is 0 Å². The summed E-state index contributed by atoms with van der Waals surface area (Å²) in [6.45, 7) is 2.14. The van der Waals surface area contributed by atoms with E-state index in [1.54, 1.807) is 12.5 Å². The Morgan fingerprint density at radius 2 is 1.52 bits per heavy atom. The molecule has 2 unspecified atom stereocenters. The zero-order valence-electron chi connectivity index (χ0n) is 12.0. The molecule has 0 fully saturated rings. The first kappa shape index (κ1) is 13.7. The minimum Gasteiger partial charge on any atom is -0.468 e. The Morgan fingerprint density at radius 1 is 0.857 bits per heavy atom. The summed E-state index contributed by atoms with van der Waals surface area (Å²) < 4.78 is 11.2. The van der Waals surface area contributed by atoms with E-state index in [4.69, 9.17) is 8.83 Å². The summed E-state index contributed by atoms with van der Waals surface area (Å²) >= 11 is 0. The summed E-state index contributed by atoms with van der Waals surface area (Å²) in [6.07, 6.45) is 4.36. The number of hydrogen-bond donors (Lipinski definition) is 1. The molecule has 0 aliphatic heterocycles. The van der Waals surface area contributed by atoms with Gasteiger partial charge in [-0.15, -0.1) is 0 Å². The topological polar surface area (TPSA) is 38.3 Å². The molecule has 1 N–H and O–H groups in total. The Kier molecular flexibility index (Phi) is 4.22. The van der Waals surface area contributed by atoms with Crippen molar-refractivity contribution in [1.29, 1.82) is 0 Å². The highest BCUT2D eigenvalue weighted by molar-refractivity contribution is 5.27. The molecule has 0 aliphatic carbocycles. The van der Waals surface area contributed by atoms with Crippen LogP contribution in [0.1, 0.15) is 42.5 Å². The zero-order valence-corrected chi connectivity index (χ0v) is 12.0. The number of benzene rings is 1. The van der Waals surface area contributed by atoms with Crippen LogP contribution in [-0.2, 0) is 0 Å². The van der Waals surface area contributed by atoms with Gasteiger partial charge in [-0.2, -0.15) is 0 Å². The fourth-order valence-corrected chi connectivity index (χ4v) is 2.54. The quantitative estimate of drug-likeness (QED) is 0.711. The van der Waals surface area contributed by atoms with E-state index in [2.05, 4.69) is 24.4 Å². The molecule has 3 aromatic rings. The van der Waals surface area contributed by atoms with Crippen molar-refractivity contribution in [3.8, 4) is 0 Å². The van der Waals surface area contributed by atoms with Crippen molar-refractivity contribution in [3.05, 3.63) is 84.2 Å². The molecule has 3 rings (SSSR count). The van der Waals surface area contributed by atoms with E-state index >= 15 is 0 Å². The van der Waals surface area contributed by atoms with Gasteiger partial charge < -0.3 is 8.83 Å². The largest absolute Gasteiger partial charge is 0.468 e. The molecule has 2 atom stereocenters. The SMILES string of the molecule is CCC(NC(c1ccccc1)c1ccco1)c1ccco1. The fourth-order valence-electron chi connectivity index (χ4n) is 2.54. The van der Waals surface area contributed by atoms with Gasteiger partial charge in [0.2, 0.25) is 0 Å². The van der Waals surface area contributed by atoms with E-state index in [-0.39, 0.29) is 12.1 Å². The van der Waals surface area contributed by atoms with Gasteiger partial charge in [0, 0.05) is 0 Å². The lowest BCUT2D eigenvalue weighted by molar-refractivity contribution is 0.358. The average molecular weight is 281 g/mol. The lowest BCUT2D eigenvalue weighted by atomic mass is 10.0. The molecular formula is C18H19NO2. The maximum absolute atomic E-state index is 5.62. The minimum atomic E-state index is 0.0104. The predicted octanol–water partition coefficient (Wildman–Crippen LogP) is 4.70. The van der Waals surface area contributed by atoms with Crippen molar-refractivity contribution >= 4 is 0 Å². The van der Waals surface area contributed by atoms with Crippen LogP contribution in [-0.4, -0.2) is 0 Å². The summed E-state index contributed by atoms with van der Waals surface area (Å²) in [5.74, 6) is 1.86. The molecule has 0 radical (unpaired) electrons. The lowest BCUT2D eigenvalue weighted by Gasteiger charge is -2.23. The molecule has 0 aliphatic rings. The second-order valence-electron chi connectivity index (χ2n) is 5.00. The van der Waals surface area contributed by atoms with Crippen LogP contribution < -0.4 is 5.32 Å².